The molecule has 3 rings (SSSR count). The van der Waals surface area contributed by atoms with Gasteiger partial charge in [-0.1, -0.05) is 12.1 Å². The van der Waals surface area contributed by atoms with Gasteiger partial charge in [-0.2, -0.15) is 13.2 Å². The smallest absolute Gasteiger partial charge is 0.419 e. The van der Waals surface area contributed by atoms with E-state index in [4.69, 9.17) is 9.47 Å². The highest BCUT2D eigenvalue weighted by Crippen LogP contribution is 2.55. The summed E-state index contributed by atoms with van der Waals surface area (Å²) in [5.41, 5.74) is -1.53. The van der Waals surface area contributed by atoms with Crippen molar-refractivity contribution in [2.45, 2.75) is 57.9 Å². The first-order valence-corrected chi connectivity index (χ1v) is 8.81. The maximum atomic E-state index is 13.2. The van der Waals surface area contributed by atoms with E-state index in [9.17, 15) is 18.0 Å². The molecule has 7 heteroatoms. The monoisotopic (exact) mass is 371 g/mol. The van der Waals surface area contributed by atoms with Crippen molar-refractivity contribution in [3.05, 3.63) is 29.8 Å². The number of carbonyl (C=O) groups excluding carboxylic acids is 1. The maximum Gasteiger partial charge on any atom is 0.419 e. The first-order chi connectivity index (χ1) is 12.0. The molecule has 0 radical (unpaired) electrons. The zero-order valence-electron chi connectivity index (χ0n) is 15.2. The van der Waals surface area contributed by atoms with E-state index in [2.05, 4.69) is 0 Å². The summed E-state index contributed by atoms with van der Waals surface area (Å²) >= 11 is 0. The molecular formula is C19H24F3NO3. The highest BCUT2D eigenvalue weighted by Gasteiger charge is 2.54. The number of likely N-dealkylation sites (tertiary alicyclic amines) is 1. The van der Waals surface area contributed by atoms with E-state index in [1.807, 2.05) is 0 Å². The summed E-state index contributed by atoms with van der Waals surface area (Å²) in [5.74, 6) is -0.178. The summed E-state index contributed by atoms with van der Waals surface area (Å²) in [5, 5.41) is 0. The van der Waals surface area contributed by atoms with E-state index in [0.29, 0.717) is 13.0 Å². The number of halogens is 3. The Morgan fingerprint density at radius 1 is 1.15 bits per heavy atom. The minimum Gasteiger partial charge on any atom is -0.487 e. The van der Waals surface area contributed by atoms with Crippen molar-refractivity contribution >= 4 is 6.09 Å². The summed E-state index contributed by atoms with van der Waals surface area (Å²) in [6.07, 6.45) is -2.86. The number of benzene rings is 1. The Balaban J connectivity index is 1.77. The third kappa shape index (κ3) is 4.07. The Hall–Kier alpha value is -1.92. The van der Waals surface area contributed by atoms with E-state index >= 15 is 0 Å². The highest BCUT2D eigenvalue weighted by molar-refractivity contribution is 5.68. The van der Waals surface area contributed by atoms with Crippen molar-refractivity contribution in [3.63, 3.8) is 0 Å². The summed E-state index contributed by atoms with van der Waals surface area (Å²) in [6.45, 7) is 6.12. The fraction of sp³-hybridized carbons (Fsp3) is 0.632. The van der Waals surface area contributed by atoms with Gasteiger partial charge in [0.15, 0.2) is 0 Å². The standard InChI is InChI=1S/C19H24F3NO3/c1-17(2,3)26-16(24)23-11-10-18(8-9-18)15(12-23)25-14-7-5-4-6-13(14)19(20,21)22/h4-7,15H,8-12H2,1-3H3/t15-/m1/s1. The Morgan fingerprint density at radius 2 is 1.81 bits per heavy atom. The zero-order valence-corrected chi connectivity index (χ0v) is 15.2. The second-order valence-electron chi connectivity index (χ2n) is 8.14. The quantitative estimate of drug-likeness (QED) is 0.744. The van der Waals surface area contributed by atoms with Gasteiger partial charge in [-0.05, 0) is 52.2 Å². The first-order valence-electron chi connectivity index (χ1n) is 8.81. The molecule has 2 fully saturated rings. The van der Waals surface area contributed by atoms with E-state index in [0.717, 1.165) is 18.9 Å². The van der Waals surface area contributed by atoms with Crippen molar-refractivity contribution in [2.75, 3.05) is 13.1 Å². The molecule has 0 N–H and O–H groups in total. The molecule has 1 amide bonds. The molecule has 1 saturated heterocycles. The van der Waals surface area contributed by atoms with Crippen LogP contribution in [0.3, 0.4) is 0 Å². The molecule has 1 aromatic carbocycles. The van der Waals surface area contributed by atoms with Gasteiger partial charge < -0.3 is 14.4 Å². The molecule has 0 aromatic heterocycles. The van der Waals surface area contributed by atoms with Crippen LogP contribution in [0.25, 0.3) is 0 Å². The van der Waals surface area contributed by atoms with Crippen LogP contribution in [-0.2, 0) is 10.9 Å². The van der Waals surface area contributed by atoms with Crippen LogP contribution >= 0.6 is 0 Å². The number of hydrogen-bond acceptors (Lipinski definition) is 3. The molecule has 1 atom stereocenters. The number of alkyl halides is 3. The lowest BCUT2D eigenvalue weighted by molar-refractivity contribution is -0.139. The van der Waals surface area contributed by atoms with Gasteiger partial charge >= 0.3 is 12.3 Å². The maximum absolute atomic E-state index is 13.2. The van der Waals surface area contributed by atoms with Crippen LogP contribution in [0.4, 0.5) is 18.0 Å². The van der Waals surface area contributed by atoms with Crippen molar-refractivity contribution < 1.29 is 27.4 Å². The third-order valence-electron chi connectivity index (χ3n) is 4.95. The molecule has 1 aromatic rings. The van der Waals surface area contributed by atoms with Gasteiger partial charge in [0, 0.05) is 12.0 Å². The molecule has 2 aliphatic rings. The predicted octanol–water partition coefficient (Wildman–Crippen LogP) is 4.87. The normalized spacial score (nSPS) is 22.2. The van der Waals surface area contributed by atoms with Gasteiger partial charge in [-0.15, -0.1) is 0 Å². The molecule has 1 heterocycles. The first kappa shape index (κ1) is 18.9. The summed E-state index contributed by atoms with van der Waals surface area (Å²) in [7, 11) is 0. The fourth-order valence-corrected chi connectivity index (χ4v) is 3.35. The average Bonchev–Trinajstić information content (AvgIpc) is 3.28. The van der Waals surface area contributed by atoms with Crippen LogP contribution in [0.5, 0.6) is 5.75 Å². The van der Waals surface area contributed by atoms with Crippen molar-refractivity contribution in [3.8, 4) is 5.75 Å². The number of carbonyl (C=O) groups is 1. The summed E-state index contributed by atoms with van der Waals surface area (Å²) in [6, 6.07) is 5.23. The topological polar surface area (TPSA) is 38.8 Å². The lowest BCUT2D eigenvalue weighted by atomic mass is 9.90. The zero-order chi connectivity index (χ0) is 19.2. The van der Waals surface area contributed by atoms with E-state index in [1.54, 1.807) is 20.8 Å². The number of amides is 1. The van der Waals surface area contributed by atoms with E-state index in [-0.39, 0.29) is 17.7 Å². The van der Waals surface area contributed by atoms with Gasteiger partial charge in [0.1, 0.15) is 17.5 Å². The largest absolute Gasteiger partial charge is 0.487 e. The van der Waals surface area contributed by atoms with Gasteiger partial charge in [0.2, 0.25) is 0 Å². The fourth-order valence-electron chi connectivity index (χ4n) is 3.35. The summed E-state index contributed by atoms with van der Waals surface area (Å²) in [4.78, 5) is 13.9. The average molecular weight is 371 g/mol. The Morgan fingerprint density at radius 3 is 2.38 bits per heavy atom. The summed E-state index contributed by atoms with van der Waals surface area (Å²) < 4.78 is 50.9. The number of nitrogens with zero attached hydrogens (tertiary/aromatic N) is 1. The molecule has 1 aliphatic heterocycles. The van der Waals surface area contributed by atoms with Gasteiger partial charge in [-0.25, -0.2) is 4.79 Å². The molecule has 0 bridgehead atoms. The lowest BCUT2D eigenvalue weighted by Gasteiger charge is -2.39. The van der Waals surface area contributed by atoms with E-state index in [1.165, 1.54) is 23.1 Å². The number of piperidine rings is 1. The Labute approximate surface area is 151 Å². The van der Waals surface area contributed by atoms with Crippen molar-refractivity contribution in [2.24, 2.45) is 5.41 Å². The van der Waals surface area contributed by atoms with Crippen LogP contribution in [0, 0.1) is 5.41 Å². The highest BCUT2D eigenvalue weighted by atomic mass is 19.4. The van der Waals surface area contributed by atoms with Crippen LogP contribution in [0.1, 0.15) is 45.6 Å². The van der Waals surface area contributed by atoms with Crippen molar-refractivity contribution in [1.82, 2.24) is 4.90 Å². The molecule has 26 heavy (non-hydrogen) atoms. The SMILES string of the molecule is CC(C)(C)OC(=O)N1CCC2(CC2)[C@H](Oc2ccccc2C(F)(F)F)C1. The van der Waals surface area contributed by atoms with Crippen LogP contribution < -0.4 is 4.74 Å². The molecular weight excluding hydrogens is 347 g/mol. The van der Waals surface area contributed by atoms with Gasteiger partial charge in [0.25, 0.3) is 0 Å². The number of rotatable bonds is 2. The molecule has 4 nitrogen and oxygen atoms in total. The Bertz CT molecular complexity index is 677. The van der Waals surface area contributed by atoms with Gasteiger partial charge in [0.05, 0.1) is 12.1 Å². The lowest BCUT2D eigenvalue weighted by Crippen LogP contribution is -2.51. The molecule has 0 unspecified atom stereocenters. The molecule has 1 spiro atoms. The van der Waals surface area contributed by atoms with E-state index < -0.39 is 29.5 Å². The second-order valence-corrected chi connectivity index (χ2v) is 8.14. The van der Waals surface area contributed by atoms with Crippen LogP contribution in [0.15, 0.2) is 24.3 Å². The molecule has 1 saturated carbocycles. The van der Waals surface area contributed by atoms with Crippen molar-refractivity contribution in [1.29, 1.82) is 0 Å². The molecule has 144 valence electrons. The number of para-hydroxylation sites is 1. The minimum absolute atomic E-state index is 0.128. The number of ether oxygens (including phenoxy) is 2. The predicted molar refractivity (Wildman–Crippen MR) is 90.0 cm³/mol. The third-order valence-corrected chi connectivity index (χ3v) is 4.95. The number of hydrogen-bond donors (Lipinski definition) is 0. The van der Waals surface area contributed by atoms with Gasteiger partial charge in [-0.3, -0.25) is 0 Å². The molecule has 1 aliphatic carbocycles. The Kier molecular flexibility index (Phi) is 4.61. The minimum atomic E-state index is -4.48. The van der Waals surface area contributed by atoms with Crippen LogP contribution in [-0.4, -0.2) is 35.8 Å². The van der Waals surface area contributed by atoms with Crippen LogP contribution in [0.2, 0.25) is 0 Å². The second kappa shape index (κ2) is 6.35.